The number of urea groups is 1. The minimum Gasteiger partial charge on any atom is -0.343 e. The first-order chi connectivity index (χ1) is 15.7. The molecule has 3 heterocycles. The lowest BCUT2D eigenvalue weighted by Crippen LogP contribution is -2.66. The highest BCUT2D eigenvalue weighted by molar-refractivity contribution is 6.31. The monoisotopic (exact) mass is 467 g/mol. The molecule has 0 spiro atoms. The fourth-order valence-electron chi connectivity index (χ4n) is 5.48. The van der Waals surface area contributed by atoms with Gasteiger partial charge in [-0.05, 0) is 54.7 Å². The smallest absolute Gasteiger partial charge is 0.328 e. The lowest BCUT2D eigenvalue weighted by Gasteiger charge is -2.46. The van der Waals surface area contributed by atoms with E-state index in [-0.39, 0.29) is 30.9 Å². The van der Waals surface area contributed by atoms with Gasteiger partial charge in [-0.15, -0.1) is 0 Å². The molecule has 3 aliphatic rings. The van der Waals surface area contributed by atoms with Crippen LogP contribution in [-0.2, 0) is 11.3 Å². The number of likely N-dealkylation sites (N-methyl/N-ethyl adjacent to an activating group) is 1. The van der Waals surface area contributed by atoms with Crippen LogP contribution >= 0.6 is 11.6 Å². The number of nitrogens with zero attached hydrogens (tertiary/aromatic N) is 4. The van der Waals surface area contributed by atoms with Crippen molar-refractivity contribution >= 4 is 29.2 Å². The number of benzene rings is 2. The Morgan fingerprint density at radius 1 is 1.06 bits per heavy atom. The Morgan fingerprint density at radius 2 is 1.76 bits per heavy atom. The van der Waals surface area contributed by atoms with E-state index >= 15 is 0 Å². The lowest BCUT2D eigenvalue weighted by atomic mass is 10.0. The Balaban J connectivity index is 1.48. The molecule has 0 radical (unpaired) electrons. The number of hydrogen-bond acceptors (Lipinski definition) is 5. The molecule has 174 valence electrons. The average Bonchev–Trinajstić information content (AvgIpc) is 3.14. The second-order valence-corrected chi connectivity index (χ2v) is 10.0. The van der Waals surface area contributed by atoms with Gasteiger partial charge in [-0.25, -0.2) is 4.79 Å². The van der Waals surface area contributed by atoms with Crippen LogP contribution in [0.3, 0.4) is 0 Å². The number of halogens is 1. The predicted octanol–water partition coefficient (Wildman–Crippen LogP) is 3.39. The third-order valence-electron chi connectivity index (χ3n) is 6.91. The molecule has 5 rings (SSSR count). The minimum atomic E-state index is -0.448. The number of imide groups is 1. The fraction of sp³-hybridized carbons (Fsp3) is 0.440. The molecule has 33 heavy (non-hydrogen) atoms. The molecule has 3 saturated heterocycles. The first-order valence-electron chi connectivity index (χ1n) is 11.4. The van der Waals surface area contributed by atoms with Crippen LogP contribution in [0.2, 0.25) is 5.02 Å². The van der Waals surface area contributed by atoms with Gasteiger partial charge >= 0.3 is 6.03 Å². The van der Waals surface area contributed by atoms with Crippen LogP contribution in [0.1, 0.15) is 23.6 Å². The van der Waals surface area contributed by atoms with Crippen molar-refractivity contribution in [2.45, 2.75) is 45.8 Å². The summed E-state index contributed by atoms with van der Waals surface area (Å²) < 4.78 is 0. The Labute approximate surface area is 199 Å². The second kappa shape index (κ2) is 8.31. The van der Waals surface area contributed by atoms with Gasteiger partial charge in [-0.1, -0.05) is 42.8 Å². The molecule has 4 unspecified atom stereocenters. The highest BCUT2D eigenvalue weighted by Crippen LogP contribution is 2.35. The average molecular weight is 468 g/mol. The summed E-state index contributed by atoms with van der Waals surface area (Å²) in [5.41, 5.74) is 4.31. The van der Waals surface area contributed by atoms with Crippen molar-refractivity contribution in [3.8, 4) is 0 Å². The van der Waals surface area contributed by atoms with Crippen molar-refractivity contribution in [3.05, 3.63) is 64.2 Å². The van der Waals surface area contributed by atoms with Gasteiger partial charge in [-0.3, -0.25) is 19.9 Å². The summed E-state index contributed by atoms with van der Waals surface area (Å²) in [7, 11) is 1.77. The number of carbonyl (C=O) groups is 2. The summed E-state index contributed by atoms with van der Waals surface area (Å²) in [5.74, 6) is 0.197. The summed E-state index contributed by atoms with van der Waals surface area (Å²) in [6, 6.07) is 13.1. The third-order valence-corrected chi connectivity index (χ3v) is 7.28. The first kappa shape index (κ1) is 22.2. The number of aryl methyl sites for hydroxylation is 2. The van der Waals surface area contributed by atoms with E-state index < -0.39 is 6.04 Å². The van der Waals surface area contributed by atoms with E-state index in [9.17, 15) is 9.59 Å². The molecule has 8 heteroatoms. The highest BCUT2D eigenvalue weighted by Gasteiger charge is 2.56. The molecule has 0 aromatic heterocycles. The van der Waals surface area contributed by atoms with Crippen molar-refractivity contribution in [1.29, 1.82) is 0 Å². The molecule has 2 aromatic rings. The van der Waals surface area contributed by atoms with Gasteiger partial charge in [0.15, 0.2) is 0 Å². The number of fused-ring (bicyclic) bond motifs is 3. The zero-order valence-corrected chi connectivity index (χ0v) is 20.2. The van der Waals surface area contributed by atoms with Crippen LogP contribution in [0.5, 0.6) is 0 Å². The van der Waals surface area contributed by atoms with E-state index in [2.05, 4.69) is 54.1 Å². The second-order valence-electron chi connectivity index (χ2n) is 9.64. The maximum Gasteiger partial charge on any atom is 0.328 e. The van der Waals surface area contributed by atoms with E-state index in [0.717, 1.165) is 24.3 Å². The third kappa shape index (κ3) is 3.78. The van der Waals surface area contributed by atoms with Crippen LogP contribution in [0, 0.1) is 19.8 Å². The first-order valence-corrected chi connectivity index (χ1v) is 11.8. The zero-order valence-electron chi connectivity index (χ0n) is 19.5. The molecule has 7 nitrogen and oxygen atoms in total. The van der Waals surface area contributed by atoms with Crippen LogP contribution < -0.4 is 10.2 Å². The van der Waals surface area contributed by atoms with Crippen LogP contribution in [0.4, 0.5) is 10.5 Å². The van der Waals surface area contributed by atoms with Crippen LogP contribution in [-0.4, -0.2) is 65.3 Å². The van der Waals surface area contributed by atoms with E-state index in [1.54, 1.807) is 18.0 Å². The normalized spacial score (nSPS) is 27.7. The lowest BCUT2D eigenvalue weighted by molar-refractivity contribution is -0.139. The summed E-state index contributed by atoms with van der Waals surface area (Å²) in [6.07, 6.45) is -0.534. The summed E-state index contributed by atoms with van der Waals surface area (Å²) in [4.78, 5) is 34.5. The van der Waals surface area contributed by atoms with Crippen molar-refractivity contribution < 1.29 is 9.59 Å². The number of anilines is 1. The number of carbonyl (C=O) groups excluding carboxylic acids is 2. The predicted molar refractivity (Wildman–Crippen MR) is 129 cm³/mol. The fourth-order valence-corrected chi connectivity index (χ4v) is 5.67. The Hall–Kier alpha value is -2.61. The maximum atomic E-state index is 13.7. The van der Waals surface area contributed by atoms with Gasteiger partial charge in [0.1, 0.15) is 18.5 Å². The summed E-state index contributed by atoms with van der Waals surface area (Å²) in [6.45, 7) is 8.25. The van der Waals surface area contributed by atoms with Crippen molar-refractivity contribution in [1.82, 2.24) is 20.0 Å². The highest BCUT2D eigenvalue weighted by atomic mass is 35.5. The Kier molecular flexibility index (Phi) is 5.59. The van der Waals surface area contributed by atoms with Gasteiger partial charge in [0, 0.05) is 30.8 Å². The van der Waals surface area contributed by atoms with Gasteiger partial charge in [0.05, 0.1) is 6.54 Å². The molecule has 3 fully saturated rings. The Morgan fingerprint density at radius 3 is 2.45 bits per heavy atom. The van der Waals surface area contributed by atoms with E-state index in [1.165, 1.54) is 16.0 Å². The molecule has 0 aliphatic carbocycles. The number of nitrogens with one attached hydrogen (secondary N) is 1. The number of rotatable bonds is 3. The van der Waals surface area contributed by atoms with Crippen LogP contribution in [0.25, 0.3) is 0 Å². The molecule has 3 aliphatic heterocycles. The van der Waals surface area contributed by atoms with Gasteiger partial charge < -0.3 is 9.80 Å². The van der Waals surface area contributed by atoms with Crippen molar-refractivity contribution in [2.24, 2.45) is 5.92 Å². The SMILES string of the molecule is Cc1cc(C)cc(N2CC(C)CN3C4C(=O)N(Cc5ccccc5Cl)C(=O)N(C)C4NC23)c1. The van der Waals surface area contributed by atoms with E-state index in [1.807, 2.05) is 18.2 Å². The van der Waals surface area contributed by atoms with Gasteiger partial charge in [0.25, 0.3) is 5.91 Å². The summed E-state index contributed by atoms with van der Waals surface area (Å²) in [5, 5.41) is 4.15. The Bertz CT molecular complexity index is 1090. The zero-order chi connectivity index (χ0) is 23.4. The quantitative estimate of drug-likeness (QED) is 0.749. The molecule has 2 aromatic carbocycles. The van der Waals surface area contributed by atoms with E-state index in [0.29, 0.717) is 10.9 Å². The molecular weight excluding hydrogens is 438 g/mol. The van der Waals surface area contributed by atoms with E-state index in [4.69, 9.17) is 11.6 Å². The number of hydrogen-bond donors (Lipinski definition) is 1. The van der Waals surface area contributed by atoms with Crippen LogP contribution in [0.15, 0.2) is 42.5 Å². The molecule has 0 bridgehead atoms. The van der Waals surface area contributed by atoms with Gasteiger partial charge in [-0.2, -0.15) is 0 Å². The van der Waals surface area contributed by atoms with Crippen molar-refractivity contribution in [2.75, 3.05) is 25.0 Å². The molecule has 3 amide bonds. The number of amides is 3. The van der Waals surface area contributed by atoms with Crippen molar-refractivity contribution in [3.63, 3.8) is 0 Å². The molecule has 4 atom stereocenters. The molecular formula is C25H30ClN5O2. The molecule has 0 saturated carbocycles. The maximum absolute atomic E-state index is 13.7. The standard InChI is InChI=1S/C25H30ClN5O2/c1-15-9-16(2)11-19(10-15)29-12-17(3)13-30-21-22(27-24(29)30)28(4)25(33)31(23(21)32)14-18-7-5-6-8-20(18)26/h5-11,17,21-22,24,27H,12-14H2,1-4H3. The minimum absolute atomic E-state index is 0.156. The summed E-state index contributed by atoms with van der Waals surface area (Å²) >= 11 is 6.34. The largest absolute Gasteiger partial charge is 0.343 e. The van der Waals surface area contributed by atoms with Gasteiger partial charge in [0.2, 0.25) is 0 Å². The molecule has 1 N–H and O–H groups in total. The topological polar surface area (TPSA) is 59.1 Å².